The van der Waals surface area contributed by atoms with Crippen LogP contribution in [0.25, 0.3) is 0 Å². The normalized spacial score (nSPS) is 11.2. The van der Waals surface area contributed by atoms with E-state index < -0.39 is 23.2 Å². The van der Waals surface area contributed by atoms with Gasteiger partial charge in [0.15, 0.2) is 11.6 Å². The number of halogens is 2. The first-order valence-corrected chi connectivity index (χ1v) is 5.46. The van der Waals surface area contributed by atoms with E-state index in [1.165, 1.54) is 13.2 Å². The number of carbonyl (C=O) groups excluding carboxylic acids is 1. The van der Waals surface area contributed by atoms with Gasteiger partial charge >= 0.3 is 5.97 Å². The van der Waals surface area contributed by atoms with Gasteiger partial charge in [0.05, 0.1) is 13.5 Å². The molecule has 0 saturated carbocycles. The number of esters is 1. The molecule has 0 N–H and O–H groups in total. The highest BCUT2D eigenvalue weighted by atomic mass is 19.2. The first-order valence-electron chi connectivity index (χ1n) is 5.46. The van der Waals surface area contributed by atoms with Crippen molar-refractivity contribution in [3.05, 3.63) is 29.3 Å². The van der Waals surface area contributed by atoms with Crippen molar-refractivity contribution in [2.75, 3.05) is 7.11 Å². The predicted molar refractivity (Wildman–Crippen MR) is 62.5 cm³/mol. The maximum atomic E-state index is 13.5. The summed E-state index contributed by atoms with van der Waals surface area (Å²) in [6.45, 7) is 5.11. The molecule has 3 nitrogen and oxygen atoms in total. The summed E-state index contributed by atoms with van der Waals surface area (Å²) in [6, 6.07) is 2.20. The van der Waals surface area contributed by atoms with Crippen LogP contribution in [0.2, 0.25) is 0 Å². The molecule has 1 aromatic carbocycles. The van der Waals surface area contributed by atoms with Crippen LogP contribution in [0.4, 0.5) is 8.78 Å². The van der Waals surface area contributed by atoms with Crippen molar-refractivity contribution in [2.24, 2.45) is 0 Å². The fraction of sp³-hybridized carbons (Fsp3) is 0.462. The zero-order valence-electron chi connectivity index (χ0n) is 10.8. The average Bonchev–Trinajstić information content (AvgIpc) is 2.21. The van der Waals surface area contributed by atoms with Gasteiger partial charge < -0.3 is 9.47 Å². The van der Waals surface area contributed by atoms with Crippen molar-refractivity contribution in [2.45, 2.75) is 32.8 Å². The Bertz CT molecular complexity index is 450. The third kappa shape index (κ3) is 3.98. The summed E-state index contributed by atoms with van der Waals surface area (Å²) in [7, 11) is 1.34. The Morgan fingerprint density at radius 1 is 1.28 bits per heavy atom. The molecule has 0 aliphatic rings. The fourth-order valence-corrected chi connectivity index (χ4v) is 1.40. The van der Waals surface area contributed by atoms with Crippen LogP contribution in [0.5, 0.6) is 5.75 Å². The van der Waals surface area contributed by atoms with E-state index in [1.807, 2.05) is 0 Å². The van der Waals surface area contributed by atoms with Crippen molar-refractivity contribution >= 4 is 5.97 Å². The predicted octanol–water partition coefficient (Wildman–Crippen LogP) is 2.86. The highest BCUT2D eigenvalue weighted by Crippen LogP contribution is 2.21. The second-order valence-corrected chi connectivity index (χ2v) is 4.85. The number of rotatable bonds is 3. The van der Waals surface area contributed by atoms with E-state index in [0.717, 1.165) is 6.07 Å². The molecule has 0 fully saturated rings. The molecule has 0 atom stereocenters. The molecule has 0 aliphatic heterocycles. The zero-order chi connectivity index (χ0) is 13.9. The Balaban J connectivity index is 2.90. The fourth-order valence-electron chi connectivity index (χ4n) is 1.40. The first-order chi connectivity index (χ1) is 8.23. The number of methoxy groups -OCH3 is 1. The Morgan fingerprint density at radius 3 is 2.39 bits per heavy atom. The van der Waals surface area contributed by atoms with Gasteiger partial charge in [-0.05, 0) is 26.8 Å². The molecule has 0 spiro atoms. The molecule has 1 rings (SSSR count). The van der Waals surface area contributed by atoms with E-state index in [4.69, 9.17) is 9.47 Å². The van der Waals surface area contributed by atoms with Gasteiger partial charge in [-0.15, -0.1) is 0 Å². The topological polar surface area (TPSA) is 35.5 Å². The lowest BCUT2D eigenvalue weighted by molar-refractivity contribution is -0.153. The van der Waals surface area contributed by atoms with E-state index in [-0.39, 0.29) is 17.7 Å². The van der Waals surface area contributed by atoms with Crippen molar-refractivity contribution < 1.29 is 23.0 Å². The van der Waals surface area contributed by atoms with Gasteiger partial charge in [0.25, 0.3) is 0 Å². The monoisotopic (exact) mass is 258 g/mol. The number of hydrogen-bond acceptors (Lipinski definition) is 3. The molecule has 0 aromatic heterocycles. The third-order valence-electron chi connectivity index (χ3n) is 2.07. The van der Waals surface area contributed by atoms with Gasteiger partial charge in [-0.3, -0.25) is 4.79 Å². The standard InChI is InChI=1S/C13H16F2O3/c1-13(2,3)18-11(16)6-8-5-9(17-4)7-10(14)12(8)15/h5,7H,6H2,1-4H3. The Labute approximate surface area is 105 Å². The van der Waals surface area contributed by atoms with E-state index in [0.29, 0.717) is 0 Å². The maximum Gasteiger partial charge on any atom is 0.310 e. The smallest absolute Gasteiger partial charge is 0.310 e. The lowest BCUT2D eigenvalue weighted by Crippen LogP contribution is -2.25. The number of hydrogen-bond donors (Lipinski definition) is 0. The van der Waals surface area contributed by atoms with E-state index in [2.05, 4.69) is 0 Å². The van der Waals surface area contributed by atoms with Crippen LogP contribution in [0, 0.1) is 11.6 Å². The van der Waals surface area contributed by atoms with Gasteiger partial charge in [-0.2, -0.15) is 0 Å². The molecule has 0 aliphatic carbocycles. The SMILES string of the molecule is COc1cc(F)c(F)c(CC(=O)OC(C)(C)C)c1. The van der Waals surface area contributed by atoms with Crippen LogP contribution in [0.15, 0.2) is 12.1 Å². The Kier molecular flexibility index (Phi) is 4.27. The van der Waals surface area contributed by atoms with Crippen molar-refractivity contribution in [1.29, 1.82) is 0 Å². The summed E-state index contributed by atoms with van der Waals surface area (Å²) >= 11 is 0. The largest absolute Gasteiger partial charge is 0.497 e. The van der Waals surface area contributed by atoms with Gasteiger partial charge in [0, 0.05) is 11.6 Å². The second kappa shape index (κ2) is 5.33. The molecule has 0 bridgehead atoms. The van der Waals surface area contributed by atoms with Crippen LogP contribution in [0.1, 0.15) is 26.3 Å². The quantitative estimate of drug-likeness (QED) is 0.782. The summed E-state index contributed by atoms with van der Waals surface area (Å²) < 4.78 is 36.5. The van der Waals surface area contributed by atoms with Gasteiger partial charge in [0.2, 0.25) is 0 Å². The molecule has 0 heterocycles. The minimum absolute atomic E-state index is 0.0823. The number of carbonyl (C=O) groups is 1. The lowest BCUT2D eigenvalue weighted by atomic mass is 10.1. The van der Waals surface area contributed by atoms with E-state index in [9.17, 15) is 13.6 Å². The van der Waals surface area contributed by atoms with E-state index in [1.54, 1.807) is 20.8 Å². The van der Waals surface area contributed by atoms with Crippen molar-refractivity contribution in [3.63, 3.8) is 0 Å². The van der Waals surface area contributed by atoms with E-state index >= 15 is 0 Å². The summed E-state index contributed by atoms with van der Waals surface area (Å²) in [5, 5.41) is 0. The molecule has 5 heteroatoms. The number of benzene rings is 1. The van der Waals surface area contributed by atoms with Crippen molar-refractivity contribution in [3.8, 4) is 5.75 Å². The summed E-state index contributed by atoms with van der Waals surface area (Å²) in [5.74, 6) is -2.56. The molecule has 0 unspecified atom stereocenters. The van der Waals surface area contributed by atoms with Crippen LogP contribution in [-0.4, -0.2) is 18.7 Å². The Hall–Kier alpha value is -1.65. The highest BCUT2D eigenvalue weighted by Gasteiger charge is 2.19. The molecule has 0 amide bonds. The summed E-state index contributed by atoms with van der Waals surface area (Å²) in [6.07, 6.45) is -0.336. The first kappa shape index (κ1) is 14.4. The molecular formula is C13H16F2O3. The molecule has 18 heavy (non-hydrogen) atoms. The van der Waals surface area contributed by atoms with Crippen LogP contribution in [-0.2, 0) is 16.0 Å². The molecule has 0 saturated heterocycles. The summed E-state index contributed by atoms with van der Waals surface area (Å²) in [4.78, 5) is 11.5. The van der Waals surface area contributed by atoms with Crippen LogP contribution >= 0.6 is 0 Å². The third-order valence-corrected chi connectivity index (χ3v) is 2.07. The molecule has 1 aromatic rings. The molecule has 100 valence electrons. The second-order valence-electron chi connectivity index (χ2n) is 4.85. The van der Waals surface area contributed by atoms with Crippen LogP contribution in [0.3, 0.4) is 0 Å². The minimum atomic E-state index is -1.05. The zero-order valence-corrected chi connectivity index (χ0v) is 10.8. The number of ether oxygens (including phenoxy) is 2. The lowest BCUT2D eigenvalue weighted by Gasteiger charge is -2.19. The van der Waals surface area contributed by atoms with Crippen molar-refractivity contribution in [1.82, 2.24) is 0 Å². The van der Waals surface area contributed by atoms with Gasteiger partial charge in [0.1, 0.15) is 11.4 Å². The molecule has 0 radical (unpaired) electrons. The average molecular weight is 258 g/mol. The minimum Gasteiger partial charge on any atom is -0.497 e. The molecular weight excluding hydrogens is 242 g/mol. The highest BCUT2D eigenvalue weighted by molar-refractivity contribution is 5.73. The van der Waals surface area contributed by atoms with Gasteiger partial charge in [-0.25, -0.2) is 8.78 Å². The maximum absolute atomic E-state index is 13.5. The van der Waals surface area contributed by atoms with Crippen LogP contribution < -0.4 is 4.74 Å². The summed E-state index contributed by atoms with van der Waals surface area (Å²) in [5.41, 5.74) is -0.744. The Morgan fingerprint density at radius 2 is 1.89 bits per heavy atom. The van der Waals surface area contributed by atoms with Gasteiger partial charge in [-0.1, -0.05) is 0 Å².